The minimum absolute atomic E-state index is 0.390. The Balaban J connectivity index is 2.25. The SMILES string of the molecule is CCC1CCCC1(O)Cc1cc(Cl)ccc1OC. The standard InChI is InChI=1S/C15H21ClO2/c1-3-12-5-4-8-15(12,17)10-11-9-13(16)6-7-14(11)18-2/h6-7,9,12,17H,3-5,8,10H2,1-2H3. The molecule has 3 heteroatoms. The lowest BCUT2D eigenvalue weighted by Gasteiger charge is -2.30. The molecule has 0 amide bonds. The summed E-state index contributed by atoms with van der Waals surface area (Å²) in [4.78, 5) is 0. The van der Waals surface area contributed by atoms with E-state index in [0.717, 1.165) is 37.0 Å². The van der Waals surface area contributed by atoms with Gasteiger partial charge >= 0.3 is 0 Å². The van der Waals surface area contributed by atoms with Gasteiger partial charge in [0.15, 0.2) is 0 Å². The second-order valence-electron chi connectivity index (χ2n) is 5.23. The summed E-state index contributed by atoms with van der Waals surface area (Å²) in [6.07, 6.45) is 4.77. The summed E-state index contributed by atoms with van der Waals surface area (Å²) >= 11 is 6.04. The molecule has 2 nitrogen and oxygen atoms in total. The average molecular weight is 269 g/mol. The molecule has 2 atom stereocenters. The van der Waals surface area contributed by atoms with Crippen LogP contribution in [0.25, 0.3) is 0 Å². The second-order valence-corrected chi connectivity index (χ2v) is 5.67. The predicted octanol–water partition coefficient (Wildman–Crippen LogP) is 3.83. The summed E-state index contributed by atoms with van der Waals surface area (Å²) in [5.74, 6) is 1.20. The summed E-state index contributed by atoms with van der Waals surface area (Å²) in [6.45, 7) is 2.15. The summed E-state index contributed by atoms with van der Waals surface area (Å²) in [7, 11) is 1.66. The third kappa shape index (κ3) is 2.65. The van der Waals surface area contributed by atoms with Crippen LogP contribution in [0.3, 0.4) is 0 Å². The predicted molar refractivity (Wildman–Crippen MR) is 74.3 cm³/mol. The van der Waals surface area contributed by atoms with Crippen molar-refractivity contribution in [3.8, 4) is 5.75 Å². The molecule has 1 N–H and O–H groups in total. The molecule has 1 aromatic carbocycles. The number of halogens is 1. The highest BCUT2D eigenvalue weighted by atomic mass is 35.5. The van der Waals surface area contributed by atoms with Crippen LogP contribution in [0.4, 0.5) is 0 Å². The smallest absolute Gasteiger partial charge is 0.122 e. The van der Waals surface area contributed by atoms with Gasteiger partial charge in [0.25, 0.3) is 0 Å². The number of hydrogen-bond donors (Lipinski definition) is 1. The zero-order valence-electron chi connectivity index (χ0n) is 11.1. The highest BCUT2D eigenvalue weighted by Gasteiger charge is 2.40. The Labute approximate surface area is 114 Å². The van der Waals surface area contributed by atoms with Gasteiger partial charge in [0.2, 0.25) is 0 Å². The van der Waals surface area contributed by atoms with Crippen LogP contribution in [0.5, 0.6) is 5.75 Å². The molecule has 1 saturated carbocycles. The largest absolute Gasteiger partial charge is 0.496 e. The third-order valence-corrected chi connectivity index (χ3v) is 4.39. The Morgan fingerprint density at radius 2 is 2.28 bits per heavy atom. The Kier molecular flexibility index (Phi) is 4.18. The van der Waals surface area contributed by atoms with Crippen LogP contribution in [0.1, 0.15) is 38.2 Å². The molecule has 2 rings (SSSR count). The summed E-state index contributed by atoms with van der Waals surface area (Å²) < 4.78 is 5.35. The lowest BCUT2D eigenvalue weighted by atomic mass is 9.83. The molecular weight excluding hydrogens is 248 g/mol. The Morgan fingerprint density at radius 3 is 2.94 bits per heavy atom. The first-order chi connectivity index (χ1) is 8.59. The molecule has 1 fully saturated rings. The van der Waals surface area contributed by atoms with Crippen molar-refractivity contribution in [1.82, 2.24) is 0 Å². The first-order valence-electron chi connectivity index (χ1n) is 6.64. The van der Waals surface area contributed by atoms with E-state index in [1.807, 2.05) is 18.2 Å². The summed E-state index contributed by atoms with van der Waals surface area (Å²) in [5.41, 5.74) is 0.417. The van der Waals surface area contributed by atoms with Gasteiger partial charge in [0, 0.05) is 11.4 Å². The first kappa shape index (κ1) is 13.7. The van der Waals surface area contributed by atoms with Crippen molar-refractivity contribution in [3.63, 3.8) is 0 Å². The molecule has 0 aliphatic heterocycles. The van der Waals surface area contributed by atoms with Crippen molar-refractivity contribution in [2.24, 2.45) is 5.92 Å². The monoisotopic (exact) mass is 268 g/mol. The van der Waals surface area contributed by atoms with Gasteiger partial charge in [-0.2, -0.15) is 0 Å². The second kappa shape index (κ2) is 5.50. The number of methoxy groups -OCH3 is 1. The van der Waals surface area contributed by atoms with Gasteiger partial charge in [-0.1, -0.05) is 31.4 Å². The van der Waals surface area contributed by atoms with Crippen molar-refractivity contribution in [2.45, 2.75) is 44.6 Å². The lowest BCUT2D eigenvalue weighted by molar-refractivity contribution is 0.00103. The van der Waals surface area contributed by atoms with Crippen molar-refractivity contribution < 1.29 is 9.84 Å². The maximum absolute atomic E-state index is 10.8. The topological polar surface area (TPSA) is 29.5 Å². The highest BCUT2D eigenvalue weighted by molar-refractivity contribution is 6.30. The van der Waals surface area contributed by atoms with E-state index in [0.29, 0.717) is 17.4 Å². The van der Waals surface area contributed by atoms with Crippen LogP contribution in [0, 0.1) is 5.92 Å². The van der Waals surface area contributed by atoms with E-state index in [1.165, 1.54) is 0 Å². The number of benzene rings is 1. The van der Waals surface area contributed by atoms with Crippen LogP contribution >= 0.6 is 11.6 Å². The molecule has 0 radical (unpaired) electrons. The first-order valence-corrected chi connectivity index (χ1v) is 7.01. The van der Waals surface area contributed by atoms with Crippen LogP contribution in [0.15, 0.2) is 18.2 Å². The van der Waals surface area contributed by atoms with Crippen molar-refractivity contribution in [3.05, 3.63) is 28.8 Å². The molecule has 2 unspecified atom stereocenters. The maximum atomic E-state index is 10.8. The Morgan fingerprint density at radius 1 is 1.50 bits per heavy atom. The molecular formula is C15H21ClO2. The van der Waals surface area contributed by atoms with E-state index < -0.39 is 5.60 Å². The fraction of sp³-hybridized carbons (Fsp3) is 0.600. The number of ether oxygens (including phenoxy) is 1. The zero-order valence-corrected chi connectivity index (χ0v) is 11.8. The molecule has 100 valence electrons. The highest BCUT2D eigenvalue weighted by Crippen LogP contribution is 2.41. The molecule has 0 aromatic heterocycles. The Bertz CT molecular complexity index is 419. The van der Waals surface area contributed by atoms with E-state index in [9.17, 15) is 5.11 Å². The molecule has 0 heterocycles. The molecule has 1 aliphatic carbocycles. The number of aliphatic hydroxyl groups is 1. The normalized spacial score (nSPS) is 27.4. The van der Waals surface area contributed by atoms with E-state index in [2.05, 4.69) is 6.92 Å². The van der Waals surface area contributed by atoms with Gasteiger partial charge in [0.05, 0.1) is 12.7 Å². The van der Waals surface area contributed by atoms with Gasteiger partial charge < -0.3 is 9.84 Å². The Hall–Kier alpha value is -0.730. The van der Waals surface area contributed by atoms with Crippen LogP contribution in [-0.4, -0.2) is 17.8 Å². The number of rotatable bonds is 4. The summed E-state index contributed by atoms with van der Waals surface area (Å²) in [6, 6.07) is 5.60. The molecule has 0 bridgehead atoms. The maximum Gasteiger partial charge on any atom is 0.122 e. The van der Waals surface area contributed by atoms with Gasteiger partial charge in [-0.05, 0) is 42.5 Å². The molecule has 1 aromatic rings. The minimum Gasteiger partial charge on any atom is -0.496 e. The van der Waals surface area contributed by atoms with Gasteiger partial charge in [0.1, 0.15) is 5.75 Å². The quantitative estimate of drug-likeness (QED) is 0.899. The fourth-order valence-corrected chi connectivity index (χ4v) is 3.35. The van der Waals surface area contributed by atoms with Gasteiger partial charge in [-0.3, -0.25) is 0 Å². The van der Waals surface area contributed by atoms with E-state index >= 15 is 0 Å². The third-order valence-electron chi connectivity index (χ3n) is 4.15. The van der Waals surface area contributed by atoms with Crippen molar-refractivity contribution in [2.75, 3.05) is 7.11 Å². The van der Waals surface area contributed by atoms with Crippen molar-refractivity contribution in [1.29, 1.82) is 0 Å². The van der Waals surface area contributed by atoms with E-state index in [1.54, 1.807) is 7.11 Å². The van der Waals surface area contributed by atoms with Crippen LogP contribution in [-0.2, 0) is 6.42 Å². The molecule has 1 aliphatic rings. The van der Waals surface area contributed by atoms with Crippen LogP contribution in [0.2, 0.25) is 5.02 Å². The van der Waals surface area contributed by atoms with Crippen LogP contribution < -0.4 is 4.74 Å². The fourth-order valence-electron chi connectivity index (χ4n) is 3.16. The van der Waals surface area contributed by atoms with Gasteiger partial charge in [-0.25, -0.2) is 0 Å². The molecule has 0 saturated heterocycles. The lowest BCUT2D eigenvalue weighted by Crippen LogP contribution is -2.35. The number of hydrogen-bond acceptors (Lipinski definition) is 2. The van der Waals surface area contributed by atoms with E-state index in [4.69, 9.17) is 16.3 Å². The summed E-state index contributed by atoms with van der Waals surface area (Å²) in [5, 5.41) is 11.5. The molecule has 0 spiro atoms. The zero-order chi connectivity index (χ0) is 13.2. The van der Waals surface area contributed by atoms with Crippen molar-refractivity contribution >= 4 is 11.6 Å². The molecule has 18 heavy (non-hydrogen) atoms. The van der Waals surface area contributed by atoms with E-state index in [-0.39, 0.29) is 0 Å². The average Bonchev–Trinajstić information content (AvgIpc) is 2.70. The minimum atomic E-state index is -0.591. The van der Waals surface area contributed by atoms with Gasteiger partial charge in [-0.15, -0.1) is 0 Å².